The summed E-state index contributed by atoms with van der Waals surface area (Å²) in [6.45, 7) is 2.18. The predicted molar refractivity (Wildman–Crippen MR) is 107 cm³/mol. The maximum absolute atomic E-state index is 4.16. The Bertz CT molecular complexity index is 1220. The fourth-order valence-electron chi connectivity index (χ4n) is 3.73. The Hall–Kier alpha value is -3.46. The summed E-state index contributed by atoms with van der Waals surface area (Å²) in [6, 6.07) is 23.6. The van der Waals surface area contributed by atoms with Crippen LogP contribution in [0.4, 0.5) is 0 Å². The van der Waals surface area contributed by atoms with Crippen LogP contribution in [0.3, 0.4) is 0 Å². The molecule has 0 atom stereocenters. The molecule has 0 N–H and O–H groups in total. The molecule has 3 nitrogen and oxygen atoms in total. The van der Waals surface area contributed by atoms with E-state index in [2.05, 4.69) is 88.2 Å². The van der Waals surface area contributed by atoms with E-state index in [1.165, 1.54) is 33.1 Å². The van der Waals surface area contributed by atoms with E-state index in [0.29, 0.717) is 0 Å². The number of fused-ring (bicyclic) bond motifs is 3. The van der Waals surface area contributed by atoms with E-state index >= 15 is 0 Å². The molecule has 0 bridgehead atoms. The standard InChI is InChI=1S/C23H17N3/c1-16-6-5-9-22-23(16)20-12-17(18-13-24-15-25-14-18)10-11-21(20)26(22)19-7-3-2-4-8-19/h2-15H,1H3. The van der Waals surface area contributed by atoms with Crippen molar-refractivity contribution in [3.63, 3.8) is 0 Å². The van der Waals surface area contributed by atoms with Crippen LogP contribution in [0.5, 0.6) is 0 Å². The SMILES string of the molecule is Cc1cccc2c1c1cc(-c3cncnc3)ccc1n2-c1ccccc1. The normalized spacial score (nSPS) is 11.3. The lowest BCUT2D eigenvalue weighted by Crippen LogP contribution is -1.93. The second kappa shape index (κ2) is 5.81. The Morgan fingerprint density at radius 3 is 2.35 bits per heavy atom. The molecule has 2 aromatic heterocycles. The molecule has 3 heteroatoms. The van der Waals surface area contributed by atoms with E-state index in [1.807, 2.05) is 12.4 Å². The van der Waals surface area contributed by atoms with Crippen molar-refractivity contribution in [3.8, 4) is 16.8 Å². The largest absolute Gasteiger partial charge is 0.309 e. The molecular weight excluding hydrogens is 318 g/mol. The third-order valence-corrected chi connectivity index (χ3v) is 4.91. The van der Waals surface area contributed by atoms with Crippen molar-refractivity contribution in [2.45, 2.75) is 6.92 Å². The average molecular weight is 335 g/mol. The molecule has 0 saturated heterocycles. The van der Waals surface area contributed by atoms with Crippen molar-refractivity contribution in [3.05, 3.63) is 91.0 Å². The minimum Gasteiger partial charge on any atom is -0.309 e. The van der Waals surface area contributed by atoms with Crippen LogP contribution in [-0.2, 0) is 0 Å². The van der Waals surface area contributed by atoms with Crippen LogP contribution in [0.2, 0.25) is 0 Å². The zero-order valence-corrected chi connectivity index (χ0v) is 14.4. The van der Waals surface area contributed by atoms with Crippen LogP contribution in [0.25, 0.3) is 38.6 Å². The Labute approximate surface area is 151 Å². The number of aromatic nitrogens is 3. The number of hydrogen-bond acceptors (Lipinski definition) is 2. The van der Waals surface area contributed by atoms with Crippen molar-refractivity contribution in [2.75, 3.05) is 0 Å². The first-order valence-corrected chi connectivity index (χ1v) is 8.67. The summed E-state index contributed by atoms with van der Waals surface area (Å²) in [5.74, 6) is 0. The van der Waals surface area contributed by atoms with Gasteiger partial charge in [0.05, 0.1) is 11.0 Å². The highest BCUT2D eigenvalue weighted by molar-refractivity contribution is 6.11. The Morgan fingerprint density at radius 2 is 1.54 bits per heavy atom. The number of rotatable bonds is 2. The molecule has 0 saturated carbocycles. The van der Waals surface area contributed by atoms with Gasteiger partial charge in [-0.25, -0.2) is 9.97 Å². The molecule has 0 unspecified atom stereocenters. The highest BCUT2D eigenvalue weighted by Crippen LogP contribution is 2.36. The first-order chi connectivity index (χ1) is 12.8. The minimum absolute atomic E-state index is 1.03. The smallest absolute Gasteiger partial charge is 0.115 e. The third kappa shape index (κ3) is 2.21. The van der Waals surface area contributed by atoms with Gasteiger partial charge in [-0.05, 0) is 48.4 Å². The molecule has 0 aliphatic rings. The average Bonchev–Trinajstić information content (AvgIpc) is 3.04. The van der Waals surface area contributed by atoms with Crippen molar-refractivity contribution < 1.29 is 0 Å². The van der Waals surface area contributed by atoms with Gasteiger partial charge in [0.1, 0.15) is 6.33 Å². The molecular formula is C23H17N3. The molecule has 0 radical (unpaired) electrons. The lowest BCUT2D eigenvalue weighted by Gasteiger charge is -2.08. The second-order valence-electron chi connectivity index (χ2n) is 6.50. The number of nitrogens with zero attached hydrogens (tertiary/aromatic N) is 3. The molecule has 0 spiro atoms. The van der Waals surface area contributed by atoms with Gasteiger partial charge in [0.15, 0.2) is 0 Å². The van der Waals surface area contributed by atoms with E-state index < -0.39 is 0 Å². The highest BCUT2D eigenvalue weighted by atomic mass is 15.0. The van der Waals surface area contributed by atoms with Crippen LogP contribution in [0.15, 0.2) is 85.5 Å². The summed E-state index contributed by atoms with van der Waals surface area (Å²) in [5, 5.41) is 2.55. The van der Waals surface area contributed by atoms with Gasteiger partial charge in [-0.2, -0.15) is 0 Å². The van der Waals surface area contributed by atoms with Gasteiger partial charge in [0.2, 0.25) is 0 Å². The fourth-order valence-corrected chi connectivity index (χ4v) is 3.73. The van der Waals surface area contributed by atoms with Crippen molar-refractivity contribution in [2.24, 2.45) is 0 Å². The third-order valence-electron chi connectivity index (χ3n) is 4.91. The molecule has 3 aromatic carbocycles. The lowest BCUT2D eigenvalue weighted by molar-refractivity contribution is 1.17. The van der Waals surface area contributed by atoms with Crippen molar-refractivity contribution >= 4 is 21.8 Å². The maximum atomic E-state index is 4.16. The van der Waals surface area contributed by atoms with Gasteiger partial charge in [-0.3, -0.25) is 0 Å². The van der Waals surface area contributed by atoms with Gasteiger partial charge >= 0.3 is 0 Å². The maximum Gasteiger partial charge on any atom is 0.115 e. The van der Waals surface area contributed by atoms with Crippen LogP contribution in [-0.4, -0.2) is 14.5 Å². The Morgan fingerprint density at radius 1 is 0.731 bits per heavy atom. The number of para-hydroxylation sites is 1. The molecule has 2 heterocycles. The van der Waals surface area contributed by atoms with E-state index in [1.54, 1.807) is 6.33 Å². The number of aryl methyl sites for hydroxylation is 1. The lowest BCUT2D eigenvalue weighted by atomic mass is 10.0. The topological polar surface area (TPSA) is 30.7 Å². The predicted octanol–water partition coefficient (Wildman–Crippen LogP) is 5.55. The minimum atomic E-state index is 1.03. The second-order valence-corrected chi connectivity index (χ2v) is 6.50. The van der Waals surface area contributed by atoms with Gasteiger partial charge < -0.3 is 4.57 Å². The van der Waals surface area contributed by atoms with Crippen molar-refractivity contribution in [1.29, 1.82) is 0 Å². The zero-order valence-electron chi connectivity index (χ0n) is 14.4. The van der Waals surface area contributed by atoms with Gasteiger partial charge in [0, 0.05) is 34.4 Å². The van der Waals surface area contributed by atoms with E-state index in [-0.39, 0.29) is 0 Å². The summed E-state index contributed by atoms with van der Waals surface area (Å²) in [7, 11) is 0. The van der Waals surface area contributed by atoms with Crippen LogP contribution in [0.1, 0.15) is 5.56 Å². The van der Waals surface area contributed by atoms with Crippen molar-refractivity contribution in [1.82, 2.24) is 14.5 Å². The zero-order chi connectivity index (χ0) is 17.5. The summed E-state index contributed by atoms with van der Waals surface area (Å²) < 4.78 is 2.34. The first-order valence-electron chi connectivity index (χ1n) is 8.67. The van der Waals surface area contributed by atoms with E-state index in [9.17, 15) is 0 Å². The molecule has 5 aromatic rings. The highest BCUT2D eigenvalue weighted by Gasteiger charge is 2.14. The molecule has 5 rings (SSSR count). The van der Waals surface area contributed by atoms with Gasteiger partial charge in [0.25, 0.3) is 0 Å². The molecule has 124 valence electrons. The van der Waals surface area contributed by atoms with Crippen LogP contribution >= 0.6 is 0 Å². The summed E-state index contributed by atoms with van der Waals surface area (Å²) in [6.07, 6.45) is 5.28. The fraction of sp³-hybridized carbons (Fsp3) is 0.0435. The summed E-state index contributed by atoms with van der Waals surface area (Å²) >= 11 is 0. The molecule has 0 aliphatic heterocycles. The van der Waals surface area contributed by atoms with E-state index in [4.69, 9.17) is 0 Å². The number of benzene rings is 3. The quantitative estimate of drug-likeness (QED) is 0.423. The summed E-state index contributed by atoms with van der Waals surface area (Å²) in [5.41, 5.74) is 7.06. The Balaban J connectivity index is 1.89. The van der Waals surface area contributed by atoms with Gasteiger partial charge in [-0.15, -0.1) is 0 Å². The van der Waals surface area contributed by atoms with Gasteiger partial charge in [-0.1, -0.05) is 36.4 Å². The molecule has 0 amide bonds. The molecule has 0 aliphatic carbocycles. The monoisotopic (exact) mass is 335 g/mol. The summed E-state index contributed by atoms with van der Waals surface area (Å²) in [4.78, 5) is 8.31. The van der Waals surface area contributed by atoms with Crippen LogP contribution < -0.4 is 0 Å². The molecule has 26 heavy (non-hydrogen) atoms. The Kier molecular flexibility index (Phi) is 3.32. The number of hydrogen-bond donors (Lipinski definition) is 0. The van der Waals surface area contributed by atoms with Crippen LogP contribution in [0, 0.1) is 6.92 Å². The van der Waals surface area contributed by atoms with E-state index in [0.717, 1.165) is 11.1 Å². The first kappa shape index (κ1) is 14.8. The molecule has 0 fully saturated rings.